The van der Waals surface area contributed by atoms with Crippen LogP contribution in [-0.4, -0.2) is 98.4 Å². The van der Waals surface area contributed by atoms with Gasteiger partial charge in [-0.05, 0) is 71.9 Å². The number of carbonyl (C=O) groups is 6. The fraction of sp³-hybridized carbons (Fsp3) is 0.765. The van der Waals surface area contributed by atoms with Gasteiger partial charge in [0.2, 0.25) is 18.1 Å². The van der Waals surface area contributed by atoms with Gasteiger partial charge in [0.1, 0.15) is 6.04 Å². The van der Waals surface area contributed by atoms with Crippen molar-refractivity contribution in [2.75, 3.05) is 33.7 Å². The number of hydrogen-bond donors (Lipinski definition) is 6. The van der Waals surface area contributed by atoms with Crippen molar-refractivity contribution >= 4 is 36.5 Å². The van der Waals surface area contributed by atoms with Crippen LogP contribution in [0.15, 0.2) is 12.7 Å². The zero-order chi connectivity index (χ0) is 36.6. The van der Waals surface area contributed by atoms with E-state index in [4.69, 9.17) is 9.90 Å². The van der Waals surface area contributed by atoms with E-state index >= 15 is 0 Å². The van der Waals surface area contributed by atoms with E-state index < -0.39 is 17.7 Å². The minimum Gasteiger partial charge on any atom is -0.483 e. The first-order chi connectivity index (χ1) is 22.4. The molecule has 2 fully saturated rings. The number of unbranched alkanes of at least 4 members (excludes halogenated alkanes) is 1. The Balaban J connectivity index is -0.000000656. The predicted octanol–water partition coefficient (Wildman–Crippen LogP) is 3.63. The van der Waals surface area contributed by atoms with Crippen molar-refractivity contribution in [3.63, 3.8) is 0 Å². The summed E-state index contributed by atoms with van der Waals surface area (Å²) in [7, 11) is 3.75. The minimum atomic E-state index is -0.720. The van der Waals surface area contributed by atoms with Crippen molar-refractivity contribution in [1.29, 1.82) is 0 Å². The summed E-state index contributed by atoms with van der Waals surface area (Å²) >= 11 is 0. The van der Waals surface area contributed by atoms with Crippen molar-refractivity contribution in [1.82, 2.24) is 31.5 Å². The molecule has 13 heteroatoms. The van der Waals surface area contributed by atoms with Crippen molar-refractivity contribution < 1.29 is 33.9 Å². The third kappa shape index (κ3) is 25.3. The van der Waals surface area contributed by atoms with Crippen molar-refractivity contribution in [2.24, 2.45) is 11.8 Å². The quantitative estimate of drug-likeness (QED) is 0.0974. The lowest BCUT2D eigenvalue weighted by atomic mass is 9.83. The molecule has 0 aromatic carbocycles. The highest BCUT2D eigenvalue weighted by molar-refractivity contribution is 6.38. The van der Waals surface area contributed by atoms with Crippen LogP contribution in [0.4, 0.5) is 4.79 Å². The molecule has 1 saturated carbocycles. The molecule has 0 bridgehead atoms. The first-order valence-electron chi connectivity index (χ1n) is 17.0. The molecule has 0 radical (unpaired) electrons. The number of nitrogens with zero attached hydrogens (tertiary/aromatic N) is 1. The number of carbonyl (C=O) groups excluding carboxylic acids is 5. The topological polar surface area (TPSA) is 186 Å². The van der Waals surface area contributed by atoms with Crippen LogP contribution in [-0.2, 0) is 24.0 Å². The van der Waals surface area contributed by atoms with Crippen LogP contribution in [0.5, 0.6) is 0 Å². The zero-order valence-electron chi connectivity index (χ0n) is 30.4. The average Bonchev–Trinajstić information content (AvgIpc) is 3.47. The number of hydrogen-bond acceptors (Lipinski definition) is 7. The van der Waals surface area contributed by atoms with E-state index in [1.54, 1.807) is 0 Å². The number of rotatable bonds is 13. The van der Waals surface area contributed by atoms with Gasteiger partial charge in [0.15, 0.2) is 0 Å². The van der Waals surface area contributed by atoms with Crippen LogP contribution in [0.25, 0.3) is 0 Å². The number of likely N-dealkylation sites (tertiary alicyclic amines) is 1. The molecule has 1 saturated heterocycles. The Labute approximate surface area is 283 Å². The molecule has 5 amide bonds. The van der Waals surface area contributed by atoms with E-state index in [9.17, 15) is 24.0 Å². The van der Waals surface area contributed by atoms with E-state index in [1.807, 2.05) is 32.8 Å². The Morgan fingerprint density at radius 2 is 1.51 bits per heavy atom. The molecular formula is C34H66N6O7. The molecule has 1 aliphatic carbocycles. The van der Waals surface area contributed by atoms with Gasteiger partial charge in [-0.15, -0.1) is 6.58 Å². The van der Waals surface area contributed by atoms with Gasteiger partial charge in [0.05, 0.1) is 6.04 Å². The maximum absolute atomic E-state index is 12.9. The smallest absolute Gasteiger partial charge is 0.315 e. The Kier molecular flexibility index (Phi) is 33.1. The molecule has 2 aliphatic rings. The van der Waals surface area contributed by atoms with E-state index in [2.05, 4.69) is 60.9 Å². The van der Waals surface area contributed by atoms with E-state index in [1.165, 1.54) is 25.3 Å². The molecule has 6 N–H and O–H groups in total. The first kappa shape index (κ1) is 47.9. The first-order valence-corrected chi connectivity index (χ1v) is 17.0. The summed E-state index contributed by atoms with van der Waals surface area (Å²) in [5.41, 5.74) is 0. The minimum absolute atomic E-state index is 0.123. The van der Waals surface area contributed by atoms with Crippen LogP contribution in [0, 0.1) is 11.8 Å². The lowest BCUT2D eigenvalue weighted by Crippen LogP contribution is -2.55. The number of carboxylic acid groups (broad SMARTS) is 1. The standard InChI is InChI=1S/C16H29N3O2.C11H18N2O3.C4H10.C2H7N.CH2O2/c1-3-17-16(21)18-14(13-9-5-4-6-10-13)15(20)19-11-7-8-12(19)2;1-3-5-6-9(13-8-14)10(15)11(16)12-7-4-2;1-4(2)3;1-3-2;2-1-3/h12-14H,3-11H2,1-2H3,(H2,17,18,21);4,8-9H,2-3,5-7H2,1H3,(H,12,16)(H,13,14);4H,1-3H3;3H,1-2H3;1H,(H,2,3). The van der Waals surface area contributed by atoms with Crippen molar-refractivity contribution in [3.8, 4) is 0 Å². The molecule has 0 aromatic heterocycles. The number of Topliss-reactive ketones (excluding diaryl/α,β-unsaturated/α-hetero) is 1. The van der Waals surface area contributed by atoms with Crippen LogP contribution in [0.1, 0.15) is 106 Å². The van der Waals surface area contributed by atoms with Crippen LogP contribution in [0.2, 0.25) is 0 Å². The van der Waals surface area contributed by atoms with Crippen LogP contribution >= 0.6 is 0 Å². The highest BCUT2D eigenvalue weighted by Crippen LogP contribution is 2.29. The summed E-state index contributed by atoms with van der Waals surface area (Å²) in [6, 6.07) is -0.979. The highest BCUT2D eigenvalue weighted by atomic mass is 16.3. The molecule has 13 nitrogen and oxygen atoms in total. The number of amides is 5. The van der Waals surface area contributed by atoms with Gasteiger partial charge >= 0.3 is 6.03 Å². The summed E-state index contributed by atoms with van der Waals surface area (Å²) in [4.78, 5) is 68.3. The van der Waals surface area contributed by atoms with Gasteiger partial charge in [-0.3, -0.25) is 24.0 Å². The Hall–Kier alpha value is -3.48. The molecular weight excluding hydrogens is 604 g/mol. The summed E-state index contributed by atoms with van der Waals surface area (Å²) in [5, 5.41) is 20.1. The van der Waals surface area contributed by atoms with Crippen LogP contribution < -0.4 is 26.6 Å². The zero-order valence-corrected chi connectivity index (χ0v) is 30.4. The molecule has 1 aliphatic heterocycles. The molecule has 3 unspecified atom stereocenters. The maximum Gasteiger partial charge on any atom is 0.315 e. The number of urea groups is 1. The van der Waals surface area contributed by atoms with E-state index in [-0.39, 0.29) is 31.0 Å². The van der Waals surface area contributed by atoms with E-state index in [0.717, 1.165) is 51.0 Å². The summed E-state index contributed by atoms with van der Waals surface area (Å²) in [6.45, 7) is 17.3. The number of nitrogens with one attached hydrogen (secondary N) is 5. The lowest BCUT2D eigenvalue weighted by molar-refractivity contribution is -0.139. The summed E-state index contributed by atoms with van der Waals surface area (Å²) in [6.07, 6.45) is 11.9. The predicted molar refractivity (Wildman–Crippen MR) is 188 cm³/mol. The largest absolute Gasteiger partial charge is 0.483 e. The Morgan fingerprint density at radius 3 is 1.94 bits per heavy atom. The van der Waals surface area contributed by atoms with Crippen LogP contribution in [0.3, 0.4) is 0 Å². The molecule has 3 atom stereocenters. The molecule has 1 heterocycles. The average molecular weight is 671 g/mol. The van der Waals surface area contributed by atoms with Gasteiger partial charge < -0.3 is 36.6 Å². The van der Waals surface area contributed by atoms with Gasteiger partial charge in [-0.1, -0.05) is 65.9 Å². The fourth-order valence-electron chi connectivity index (χ4n) is 4.83. The van der Waals surface area contributed by atoms with Gasteiger partial charge in [0, 0.05) is 25.7 Å². The lowest BCUT2D eigenvalue weighted by Gasteiger charge is -2.34. The molecule has 0 spiro atoms. The third-order valence-corrected chi connectivity index (χ3v) is 6.91. The third-order valence-electron chi connectivity index (χ3n) is 6.91. The molecule has 47 heavy (non-hydrogen) atoms. The van der Waals surface area contributed by atoms with Crippen molar-refractivity contribution in [3.05, 3.63) is 12.7 Å². The SMILES string of the molecule is C=CCNC(=O)C(=O)C(CCCC)NC=O.CC(C)C.CCNC(=O)NC(C(=O)N1CCCC1C)C1CCCCC1.CNC.O=CO. The van der Waals surface area contributed by atoms with Gasteiger partial charge in [-0.25, -0.2) is 4.79 Å². The molecule has 274 valence electrons. The normalized spacial score (nSPS) is 16.3. The summed E-state index contributed by atoms with van der Waals surface area (Å²) in [5.74, 6) is -0.0439. The highest BCUT2D eigenvalue weighted by Gasteiger charge is 2.36. The molecule has 0 aromatic rings. The maximum atomic E-state index is 12.9. The fourth-order valence-corrected chi connectivity index (χ4v) is 4.83. The summed E-state index contributed by atoms with van der Waals surface area (Å²) < 4.78 is 0. The second kappa shape index (κ2) is 32.5. The Bertz CT molecular complexity index is 863. The van der Waals surface area contributed by atoms with Crippen molar-refractivity contribution in [2.45, 2.75) is 124 Å². The monoisotopic (exact) mass is 670 g/mol. The second-order valence-corrected chi connectivity index (χ2v) is 12.1. The van der Waals surface area contributed by atoms with Gasteiger partial charge in [0.25, 0.3) is 12.4 Å². The number of ketones is 1. The van der Waals surface area contributed by atoms with E-state index in [0.29, 0.717) is 31.3 Å². The Morgan fingerprint density at radius 1 is 0.957 bits per heavy atom. The second-order valence-electron chi connectivity index (χ2n) is 12.1. The molecule has 2 rings (SSSR count). The van der Waals surface area contributed by atoms with Gasteiger partial charge in [-0.2, -0.15) is 0 Å².